The Balaban J connectivity index is 0.000000135. The smallest absolute Gasteiger partial charge is 0.309 e. The molecular weight excluding hydrogens is 1350 g/mol. The van der Waals surface area contributed by atoms with E-state index < -0.39 is 41.2 Å². The van der Waals surface area contributed by atoms with Crippen molar-refractivity contribution in [3.63, 3.8) is 0 Å². The number of carbonyl (C=O) groups is 3. The SMILES string of the molecule is CC1CCCO1.COC(=O)[C@H]1C2C=CC(C2)[C@@H]1Cc1nc(-c2c[nH]c3ncc(Cl)cc23)ncc1F.O=C(O)[C@@H]1[C@@H]2CC[C@@H](C2)[C@@H]1Cc1nc(-c2c[nH]c3ncc(Cl)cc23)ncc1F.O=C(O)[C@H]1[C@@H]2CC[C@@H](C2)[C@@H]1Cc1nc(-c2c[nH]c3ncc(Cl)cc23)ncc1F.[CH3-].[Pd]. The quantitative estimate of drug-likeness (QED) is 0.0329. The van der Waals surface area contributed by atoms with Crippen molar-refractivity contribution in [3.8, 4) is 34.2 Å². The van der Waals surface area contributed by atoms with Crippen LogP contribution in [0.5, 0.6) is 0 Å². The minimum Gasteiger partial charge on any atom is -0.481 e. The molecule has 6 aliphatic carbocycles. The average Bonchev–Trinajstić information content (AvgIpc) is 1.67. The summed E-state index contributed by atoms with van der Waals surface area (Å²) < 4.78 is 53.8. The zero-order valence-corrected chi connectivity index (χ0v) is 54.6. The van der Waals surface area contributed by atoms with Gasteiger partial charge in [0, 0.05) is 97.1 Å². The molecule has 3 unspecified atom stereocenters. The third kappa shape index (κ3) is 13.7. The van der Waals surface area contributed by atoms with Gasteiger partial charge in [-0.3, -0.25) is 14.4 Å². The van der Waals surface area contributed by atoms with E-state index in [0.29, 0.717) is 109 Å². The molecule has 1 saturated heterocycles. The van der Waals surface area contributed by atoms with Gasteiger partial charge in [-0.05, 0) is 155 Å². The van der Waals surface area contributed by atoms with E-state index in [1.807, 2.05) is 0 Å². The van der Waals surface area contributed by atoms with Crippen molar-refractivity contribution >= 4 is 85.8 Å². The van der Waals surface area contributed by atoms with Crippen LogP contribution in [0.2, 0.25) is 15.1 Å². The molecule has 26 heteroatoms. The first-order chi connectivity index (χ1) is 44.0. The van der Waals surface area contributed by atoms with E-state index in [-0.39, 0.29) is 92.5 Å². The fraction of sp³-hybridized carbons (Fsp3) is 0.418. The Morgan fingerprint density at radius 2 is 0.935 bits per heavy atom. The van der Waals surface area contributed by atoms with Gasteiger partial charge in [-0.2, -0.15) is 0 Å². The Kier molecular flexibility index (Phi) is 20.5. The predicted molar refractivity (Wildman–Crippen MR) is 339 cm³/mol. The maximum Gasteiger partial charge on any atom is 0.309 e. The van der Waals surface area contributed by atoms with Crippen molar-refractivity contribution in [2.75, 3.05) is 13.7 Å². The van der Waals surface area contributed by atoms with Gasteiger partial charge < -0.3 is 42.1 Å². The first-order valence-corrected chi connectivity index (χ1v) is 31.9. The minimum atomic E-state index is -0.774. The summed E-state index contributed by atoms with van der Waals surface area (Å²) >= 11 is 18.2. The molecule has 1 aliphatic heterocycles. The number of carboxylic acid groups (broad SMARTS) is 2. The molecule has 6 fully saturated rings. The number of fused-ring (bicyclic) bond motifs is 9. The molecule has 9 aromatic heterocycles. The molecule has 16 rings (SSSR count). The van der Waals surface area contributed by atoms with Crippen LogP contribution in [0.4, 0.5) is 13.2 Å². The van der Waals surface area contributed by atoms with Gasteiger partial charge in [0.2, 0.25) is 0 Å². The van der Waals surface area contributed by atoms with E-state index >= 15 is 0 Å². The average molecular weight is 1420 g/mol. The Hall–Kier alpha value is -7.26. The molecule has 0 spiro atoms. The van der Waals surface area contributed by atoms with Gasteiger partial charge in [0.1, 0.15) is 16.9 Å². The number of nitrogens with one attached hydrogen (secondary N) is 3. The maximum absolute atomic E-state index is 14.6. The van der Waals surface area contributed by atoms with Crippen molar-refractivity contribution in [1.82, 2.24) is 59.8 Å². The fourth-order valence-corrected chi connectivity index (χ4v) is 16.3. The number of rotatable bonds is 12. The monoisotopic (exact) mass is 1420 g/mol. The summed E-state index contributed by atoms with van der Waals surface area (Å²) in [5.74, 6) is -1.89. The number of halogens is 6. The molecule has 490 valence electrons. The fourth-order valence-electron chi connectivity index (χ4n) is 15.8. The maximum atomic E-state index is 14.6. The van der Waals surface area contributed by atoms with Gasteiger partial charge in [-0.15, -0.1) is 0 Å². The number of carbonyl (C=O) groups excluding carboxylic acids is 1. The molecule has 0 amide bonds. The van der Waals surface area contributed by atoms with Crippen molar-refractivity contribution in [2.24, 2.45) is 71.0 Å². The second kappa shape index (κ2) is 28.4. The topological polar surface area (TPSA) is 274 Å². The first kappa shape index (κ1) is 67.2. The molecule has 5 N–H and O–H groups in total. The van der Waals surface area contributed by atoms with Gasteiger partial charge in [-0.1, -0.05) is 47.0 Å². The molecule has 13 atom stereocenters. The number of methoxy groups -OCH3 is 1. The molecule has 19 nitrogen and oxygen atoms in total. The number of aromatic amines is 3. The van der Waals surface area contributed by atoms with Crippen LogP contribution >= 0.6 is 34.8 Å². The zero-order valence-electron chi connectivity index (χ0n) is 50.8. The number of nitrogens with zero attached hydrogens (tertiary/aromatic N) is 9. The Bertz CT molecular complexity index is 4110. The number of aromatic nitrogens is 12. The number of H-pyrrole nitrogens is 3. The standard InChI is InChI=1S/C21H18ClFN4O2.2C20H18ClFN4O2.C5H10O.CH3.Pd/c1-29-21(28)18-11-3-2-10(4-11)13(18)6-17-16(23)9-26-20(27-17)15-8-25-19-14(15)5-12(22)7-24-19;2*21-11-4-13-14(7-24-18(13)23-6-11)19-25-8-15(22)16(26-19)5-12-9-1-2-10(3-9)17(12)20(27)28;1-5-3-2-4-6-5;;/h2-3,5,7-11,13,18H,4,6H2,1H3,(H,24,25);2*4,6-10,12,17H,1-3,5H2,(H,23,24)(H,27,28);5H,2-4H2,1H3;1H3;/q;;;;-1;/t10?,11?,13-,18-;9-,10+,12-,17+;9-,10+,12-,17-;;;/m000.../s1. The summed E-state index contributed by atoms with van der Waals surface area (Å²) in [6.45, 7) is 3.11. The summed E-state index contributed by atoms with van der Waals surface area (Å²) in [6, 6.07) is 5.30. The van der Waals surface area contributed by atoms with Gasteiger partial charge in [0.15, 0.2) is 34.9 Å². The van der Waals surface area contributed by atoms with E-state index in [0.717, 1.165) is 80.1 Å². The molecule has 7 aliphatic rings. The van der Waals surface area contributed by atoms with E-state index in [4.69, 9.17) is 44.3 Å². The molecular formula is C67H67Cl3F3N12O7Pd-. The second-order valence-electron chi connectivity index (χ2n) is 25.0. The van der Waals surface area contributed by atoms with Crippen LogP contribution in [0.1, 0.15) is 81.8 Å². The van der Waals surface area contributed by atoms with Crippen LogP contribution in [-0.4, -0.2) is 108 Å². The summed E-state index contributed by atoms with van der Waals surface area (Å²) in [5.41, 5.74) is 4.88. The first-order valence-electron chi connectivity index (χ1n) is 30.7. The van der Waals surface area contributed by atoms with Crippen LogP contribution in [0, 0.1) is 95.9 Å². The predicted octanol–water partition coefficient (Wildman–Crippen LogP) is 13.8. The van der Waals surface area contributed by atoms with Crippen LogP contribution in [0.25, 0.3) is 67.3 Å². The number of carboxylic acids is 2. The number of aliphatic carboxylic acids is 2. The van der Waals surface area contributed by atoms with Gasteiger partial charge in [0.05, 0.1) is 81.7 Å². The molecule has 0 radical (unpaired) electrons. The molecule has 0 aromatic carbocycles. The van der Waals surface area contributed by atoms with Gasteiger partial charge in [-0.25, -0.2) is 58.0 Å². The third-order valence-electron chi connectivity index (χ3n) is 20.0. The normalized spacial score (nSPS) is 25.8. The molecule has 9 aromatic rings. The number of hydrogen-bond donors (Lipinski definition) is 5. The second-order valence-corrected chi connectivity index (χ2v) is 26.3. The van der Waals surface area contributed by atoms with Gasteiger partial charge >= 0.3 is 17.9 Å². The molecule has 5 saturated carbocycles. The molecule has 6 bridgehead atoms. The van der Waals surface area contributed by atoms with Crippen LogP contribution in [0.3, 0.4) is 0 Å². The van der Waals surface area contributed by atoms with E-state index in [2.05, 4.69) is 78.9 Å². The van der Waals surface area contributed by atoms with Crippen LogP contribution in [0.15, 0.2) is 86.1 Å². The third-order valence-corrected chi connectivity index (χ3v) is 20.6. The zero-order chi connectivity index (χ0) is 63.4. The van der Waals surface area contributed by atoms with E-state index in [9.17, 15) is 37.8 Å². The van der Waals surface area contributed by atoms with Crippen molar-refractivity contribution in [1.29, 1.82) is 0 Å². The number of esters is 1. The Morgan fingerprint density at radius 3 is 1.29 bits per heavy atom. The summed E-state index contributed by atoms with van der Waals surface area (Å²) in [5, 5.41) is 23.1. The minimum absolute atomic E-state index is 0. The van der Waals surface area contributed by atoms with Crippen LogP contribution in [-0.2, 0) is 63.5 Å². The van der Waals surface area contributed by atoms with Crippen molar-refractivity contribution < 1.29 is 67.7 Å². The number of allylic oxidation sites excluding steroid dienone is 2. The summed E-state index contributed by atoms with van der Waals surface area (Å²) in [4.78, 5) is 83.6. The Labute approximate surface area is 562 Å². The van der Waals surface area contributed by atoms with Crippen LogP contribution < -0.4 is 0 Å². The molecule has 93 heavy (non-hydrogen) atoms. The number of ether oxygens (including phenoxy) is 2. The largest absolute Gasteiger partial charge is 0.481 e. The summed E-state index contributed by atoms with van der Waals surface area (Å²) in [6.07, 6.45) is 28.3. The van der Waals surface area contributed by atoms with E-state index in [1.54, 1.807) is 55.4 Å². The van der Waals surface area contributed by atoms with Gasteiger partial charge in [0.25, 0.3) is 0 Å². The molecule has 10 heterocycles. The van der Waals surface area contributed by atoms with Crippen molar-refractivity contribution in [3.05, 3.63) is 143 Å². The van der Waals surface area contributed by atoms with Crippen molar-refractivity contribution in [2.45, 2.75) is 90.1 Å². The summed E-state index contributed by atoms with van der Waals surface area (Å²) in [7, 11) is 1.40. The number of pyridine rings is 3. The number of hydrogen-bond acceptors (Lipinski definition) is 14. The van der Waals surface area contributed by atoms with E-state index in [1.165, 1.54) is 26.1 Å². The Morgan fingerprint density at radius 1 is 0.548 bits per heavy atom.